The molecule has 1 unspecified atom stereocenters. The molecule has 0 radical (unpaired) electrons. The Morgan fingerprint density at radius 2 is 1.82 bits per heavy atom. The lowest BCUT2D eigenvalue weighted by Crippen LogP contribution is -2.21. The van der Waals surface area contributed by atoms with Crippen LogP contribution in [0.4, 0.5) is 0 Å². The molecule has 1 atom stereocenters. The van der Waals surface area contributed by atoms with Crippen LogP contribution in [0, 0.1) is 5.92 Å². The molecule has 1 aromatic carbocycles. The average molecular weight is 292 g/mol. The van der Waals surface area contributed by atoms with Gasteiger partial charge in [0.2, 0.25) is 0 Å². The second-order valence-electron chi connectivity index (χ2n) is 4.60. The maximum absolute atomic E-state index is 6.30. The zero-order valence-corrected chi connectivity index (χ0v) is 11.0. The zero-order valence-electron chi connectivity index (χ0n) is 9.40. The van der Waals surface area contributed by atoms with Gasteiger partial charge >= 0.3 is 0 Å². The lowest BCUT2D eigenvalue weighted by molar-refractivity contribution is 0.372. The van der Waals surface area contributed by atoms with E-state index in [-0.39, 0.29) is 6.04 Å². The molecule has 0 fully saturated rings. The summed E-state index contributed by atoms with van der Waals surface area (Å²) in [6, 6.07) is 10.4. The summed E-state index contributed by atoms with van der Waals surface area (Å²) in [6.07, 6.45) is 3.77. The number of furan rings is 1. The number of hydrogen-bond acceptors (Lipinski definition) is 2. The van der Waals surface area contributed by atoms with Crippen molar-refractivity contribution in [2.24, 2.45) is 11.7 Å². The quantitative estimate of drug-likeness (QED) is 0.920. The predicted octanol–water partition coefficient (Wildman–Crippen LogP) is 3.46. The molecule has 0 saturated carbocycles. The first-order chi connectivity index (χ1) is 8.25. The van der Waals surface area contributed by atoms with E-state index in [1.54, 1.807) is 6.26 Å². The summed E-state index contributed by atoms with van der Waals surface area (Å²) in [6.45, 7) is 0. The standard InChI is InChI=1S/C14H14BrNO/c15-12-5-6-17-14(12)13(16)11-7-9-3-1-2-4-10(9)8-11/h1-6,11,13H,7-8,16H2. The van der Waals surface area contributed by atoms with E-state index in [9.17, 15) is 0 Å². The summed E-state index contributed by atoms with van der Waals surface area (Å²) in [7, 11) is 0. The van der Waals surface area contributed by atoms with Crippen molar-refractivity contribution in [3.05, 3.63) is 58.0 Å². The smallest absolute Gasteiger partial charge is 0.134 e. The Bertz CT molecular complexity index is 510. The molecule has 0 bridgehead atoms. The van der Waals surface area contributed by atoms with Gasteiger partial charge in [0.15, 0.2) is 0 Å². The fraction of sp³-hybridized carbons (Fsp3) is 0.286. The molecule has 2 nitrogen and oxygen atoms in total. The van der Waals surface area contributed by atoms with Crippen LogP contribution >= 0.6 is 15.9 Å². The van der Waals surface area contributed by atoms with Gasteiger partial charge in [0.1, 0.15) is 5.76 Å². The van der Waals surface area contributed by atoms with Crippen LogP contribution in [0.2, 0.25) is 0 Å². The van der Waals surface area contributed by atoms with E-state index in [2.05, 4.69) is 40.2 Å². The van der Waals surface area contributed by atoms with E-state index in [0.717, 1.165) is 23.1 Å². The van der Waals surface area contributed by atoms with Crippen LogP contribution in [0.1, 0.15) is 22.9 Å². The van der Waals surface area contributed by atoms with E-state index in [1.165, 1.54) is 11.1 Å². The normalized spacial score (nSPS) is 17.1. The monoisotopic (exact) mass is 291 g/mol. The van der Waals surface area contributed by atoms with Crippen molar-refractivity contribution in [1.82, 2.24) is 0 Å². The summed E-state index contributed by atoms with van der Waals surface area (Å²) in [4.78, 5) is 0. The third-order valence-electron chi connectivity index (χ3n) is 3.54. The first-order valence-electron chi connectivity index (χ1n) is 5.81. The second-order valence-corrected chi connectivity index (χ2v) is 5.45. The Balaban J connectivity index is 1.83. The number of hydrogen-bond donors (Lipinski definition) is 1. The Morgan fingerprint density at radius 3 is 2.35 bits per heavy atom. The first-order valence-corrected chi connectivity index (χ1v) is 6.60. The van der Waals surface area contributed by atoms with Gasteiger partial charge in [-0.25, -0.2) is 0 Å². The number of nitrogens with two attached hydrogens (primary N) is 1. The fourth-order valence-corrected chi connectivity index (χ4v) is 3.07. The maximum Gasteiger partial charge on any atom is 0.134 e. The molecule has 0 saturated heterocycles. The number of rotatable bonds is 2. The molecule has 1 aliphatic carbocycles. The SMILES string of the molecule is NC(c1occc1Br)C1Cc2ccccc2C1. The van der Waals surface area contributed by atoms with Crippen molar-refractivity contribution in [1.29, 1.82) is 0 Å². The highest BCUT2D eigenvalue weighted by atomic mass is 79.9. The average Bonchev–Trinajstić information content (AvgIpc) is 2.93. The molecule has 88 valence electrons. The minimum atomic E-state index is -0.0354. The number of benzene rings is 1. The summed E-state index contributed by atoms with van der Waals surface area (Å²) < 4.78 is 6.44. The van der Waals surface area contributed by atoms with Crippen LogP contribution in [0.3, 0.4) is 0 Å². The van der Waals surface area contributed by atoms with E-state index in [4.69, 9.17) is 10.2 Å². The number of fused-ring (bicyclic) bond motifs is 1. The molecule has 3 heteroatoms. The molecule has 1 heterocycles. The van der Waals surface area contributed by atoms with Gasteiger partial charge in [0.05, 0.1) is 16.8 Å². The van der Waals surface area contributed by atoms with Crippen molar-refractivity contribution in [3.63, 3.8) is 0 Å². The Kier molecular flexibility index (Phi) is 2.81. The summed E-state index contributed by atoms with van der Waals surface area (Å²) in [5.74, 6) is 1.30. The molecule has 0 spiro atoms. The van der Waals surface area contributed by atoms with Crippen LogP contribution in [-0.2, 0) is 12.8 Å². The molecular formula is C14H14BrNO. The van der Waals surface area contributed by atoms with Crippen LogP contribution in [0.25, 0.3) is 0 Å². The molecule has 2 aromatic rings. The van der Waals surface area contributed by atoms with Crippen molar-refractivity contribution in [2.45, 2.75) is 18.9 Å². The third-order valence-corrected chi connectivity index (χ3v) is 4.19. The fourth-order valence-electron chi connectivity index (χ4n) is 2.60. The lowest BCUT2D eigenvalue weighted by Gasteiger charge is -2.16. The van der Waals surface area contributed by atoms with E-state index in [1.807, 2.05) is 6.07 Å². The van der Waals surface area contributed by atoms with Crippen LogP contribution in [-0.4, -0.2) is 0 Å². The highest BCUT2D eigenvalue weighted by Crippen LogP contribution is 2.36. The zero-order chi connectivity index (χ0) is 11.8. The largest absolute Gasteiger partial charge is 0.466 e. The minimum Gasteiger partial charge on any atom is -0.466 e. The van der Waals surface area contributed by atoms with Gasteiger partial charge in [-0.1, -0.05) is 24.3 Å². The van der Waals surface area contributed by atoms with Crippen LogP contribution in [0.5, 0.6) is 0 Å². The van der Waals surface area contributed by atoms with Crippen molar-refractivity contribution >= 4 is 15.9 Å². The molecule has 1 aliphatic rings. The van der Waals surface area contributed by atoms with Gasteiger partial charge in [-0.05, 0) is 51.9 Å². The molecule has 0 amide bonds. The summed E-state index contributed by atoms with van der Waals surface area (Å²) in [5, 5.41) is 0. The molecule has 3 rings (SSSR count). The van der Waals surface area contributed by atoms with Gasteiger partial charge in [0, 0.05) is 0 Å². The van der Waals surface area contributed by atoms with E-state index >= 15 is 0 Å². The summed E-state index contributed by atoms with van der Waals surface area (Å²) in [5.41, 5.74) is 9.15. The van der Waals surface area contributed by atoms with Gasteiger partial charge in [0.25, 0.3) is 0 Å². The van der Waals surface area contributed by atoms with Gasteiger partial charge < -0.3 is 10.2 Å². The maximum atomic E-state index is 6.30. The molecule has 17 heavy (non-hydrogen) atoms. The van der Waals surface area contributed by atoms with Crippen molar-refractivity contribution < 1.29 is 4.42 Å². The lowest BCUT2D eigenvalue weighted by atomic mass is 9.95. The Hall–Kier alpha value is -1.06. The van der Waals surface area contributed by atoms with Crippen molar-refractivity contribution in [3.8, 4) is 0 Å². The Labute approximate surface area is 109 Å². The van der Waals surface area contributed by atoms with Crippen LogP contribution < -0.4 is 5.73 Å². The van der Waals surface area contributed by atoms with Gasteiger partial charge in [-0.3, -0.25) is 0 Å². The van der Waals surface area contributed by atoms with E-state index in [0.29, 0.717) is 5.92 Å². The topological polar surface area (TPSA) is 39.2 Å². The highest BCUT2D eigenvalue weighted by molar-refractivity contribution is 9.10. The summed E-state index contributed by atoms with van der Waals surface area (Å²) >= 11 is 3.48. The molecule has 1 aromatic heterocycles. The third kappa shape index (κ3) is 1.94. The van der Waals surface area contributed by atoms with Gasteiger partial charge in [-0.2, -0.15) is 0 Å². The van der Waals surface area contributed by atoms with Gasteiger partial charge in [-0.15, -0.1) is 0 Å². The predicted molar refractivity (Wildman–Crippen MR) is 70.7 cm³/mol. The molecular weight excluding hydrogens is 278 g/mol. The second kappa shape index (κ2) is 4.31. The van der Waals surface area contributed by atoms with Crippen molar-refractivity contribution in [2.75, 3.05) is 0 Å². The van der Waals surface area contributed by atoms with E-state index < -0.39 is 0 Å². The first kappa shape index (κ1) is 11.1. The molecule has 2 N–H and O–H groups in total. The minimum absolute atomic E-state index is 0.0354. The highest BCUT2D eigenvalue weighted by Gasteiger charge is 2.29. The number of halogens is 1. The Morgan fingerprint density at radius 1 is 1.18 bits per heavy atom. The van der Waals surface area contributed by atoms with Crippen LogP contribution in [0.15, 0.2) is 45.5 Å². The molecule has 0 aliphatic heterocycles.